The molecule has 0 saturated heterocycles. The average molecular weight is 270 g/mol. The van der Waals surface area contributed by atoms with Crippen molar-refractivity contribution in [1.29, 1.82) is 0 Å². The van der Waals surface area contributed by atoms with Crippen LogP contribution in [0.2, 0.25) is 0 Å². The molecule has 0 bridgehead atoms. The normalized spacial score (nSPS) is 9.90. The van der Waals surface area contributed by atoms with Crippen molar-refractivity contribution in [3.63, 3.8) is 0 Å². The Bertz CT molecular complexity index is 609. The highest BCUT2D eigenvalue weighted by atomic mass is 16.5. The second kappa shape index (κ2) is 5.99. The monoisotopic (exact) mass is 270 g/mol. The number of amides is 2. The molecule has 5 heteroatoms. The molecule has 0 aliphatic rings. The van der Waals surface area contributed by atoms with Crippen molar-refractivity contribution in [2.24, 2.45) is 0 Å². The highest BCUT2D eigenvalue weighted by Gasteiger charge is 2.13. The van der Waals surface area contributed by atoms with Crippen LogP contribution in [0.25, 0.3) is 0 Å². The maximum Gasteiger partial charge on any atom is 0.274 e. The predicted molar refractivity (Wildman–Crippen MR) is 74.9 cm³/mol. The molecule has 2 aromatic rings. The van der Waals surface area contributed by atoms with E-state index in [-0.39, 0.29) is 5.91 Å². The summed E-state index contributed by atoms with van der Waals surface area (Å²) < 4.78 is 0. The van der Waals surface area contributed by atoms with Gasteiger partial charge in [-0.2, -0.15) is 0 Å². The van der Waals surface area contributed by atoms with Gasteiger partial charge in [0.2, 0.25) is 0 Å². The molecule has 20 heavy (non-hydrogen) atoms. The molecule has 0 saturated carbocycles. The van der Waals surface area contributed by atoms with E-state index in [2.05, 4.69) is 0 Å². The van der Waals surface area contributed by atoms with E-state index in [0.29, 0.717) is 16.8 Å². The van der Waals surface area contributed by atoms with Gasteiger partial charge in [0.15, 0.2) is 0 Å². The highest BCUT2D eigenvalue weighted by Crippen LogP contribution is 2.16. The SMILES string of the molecule is CN(C(=O)c1ccccc1)c1ccc(C(=O)NO)cc1. The Balaban J connectivity index is 2.19. The highest BCUT2D eigenvalue weighted by molar-refractivity contribution is 6.06. The minimum atomic E-state index is -0.589. The summed E-state index contributed by atoms with van der Waals surface area (Å²) in [5.41, 5.74) is 3.13. The molecule has 2 amide bonds. The van der Waals surface area contributed by atoms with Gasteiger partial charge in [-0.25, -0.2) is 5.48 Å². The van der Waals surface area contributed by atoms with Gasteiger partial charge in [0.05, 0.1) is 0 Å². The van der Waals surface area contributed by atoms with Crippen LogP contribution in [-0.2, 0) is 0 Å². The van der Waals surface area contributed by atoms with E-state index in [0.717, 1.165) is 0 Å². The Labute approximate surface area is 116 Å². The number of anilines is 1. The number of carbonyl (C=O) groups excluding carboxylic acids is 2. The zero-order chi connectivity index (χ0) is 14.5. The van der Waals surface area contributed by atoms with Crippen LogP contribution in [0.15, 0.2) is 54.6 Å². The molecule has 2 aromatic carbocycles. The zero-order valence-corrected chi connectivity index (χ0v) is 10.9. The van der Waals surface area contributed by atoms with Crippen molar-refractivity contribution in [3.8, 4) is 0 Å². The van der Waals surface area contributed by atoms with E-state index in [9.17, 15) is 9.59 Å². The molecule has 0 fully saturated rings. The van der Waals surface area contributed by atoms with Crippen molar-refractivity contribution in [2.75, 3.05) is 11.9 Å². The number of hydrogen-bond donors (Lipinski definition) is 2. The Morgan fingerprint density at radius 1 is 0.950 bits per heavy atom. The molecule has 0 atom stereocenters. The lowest BCUT2D eigenvalue weighted by Crippen LogP contribution is -2.26. The smallest absolute Gasteiger partial charge is 0.274 e. The maximum absolute atomic E-state index is 12.2. The fourth-order valence-electron chi connectivity index (χ4n) is 1.79. The van der Waals surface area contributed by atoms with E-state index >= 15 is 0 Å². The number of rotatable bonds is 3. The molecule has 102 valence electrons. The van der Waals surface area contributed by atoms with E-state index in [1.165, 1.54) is 17.0 Å². The third-order valence-corrected chi connectivity index (χ3v) is 2.94. The van der Waals surface area contributed by atoms with Gasteiger partial charge in [0, 0.05) is 23.9 Å². The van der Waals surface area contributed by atoms with Gasteiger partial charge in [-0.15, -0.1) is 0 Å². The minimum Gasteiger partial charge on any atom is -0.311 e. The van der Waals surface area contributed by atoms with Crippen LogP contribution in [0.3, 0.4) is 0 Å². The third kappa shape index (κ3) is 2.84. The molecule has 2 rings (SSSR count). The molecule has 0 unspecified atom stereocenters. The fraction of sp³-hybridized carbons (Fsp3) is 0.0667. The number of nitrogens with zero attached hydrogens (tertiary/aromatic N) is 1. The second-order valence-electron chi connectivity index (χ2n) is 4.22. The fourth-order valence-corrected chi connectivity index (χ4v) is 1.79. The number of hydroxylamine groups is 1. The number of hydrogen-bond acceptors (Lipinski definition) is 3. The van der Waals surface area contributed by atoms with Crippen molar-refractivity contribution in [2.45, 2.75) is 0 Å². The van der Waals surface area contributed by atoms with Crippen molar-refractivity contribution in [1.82, 2.24) is 5.48 Å². The number of carbonyl (C=O) groups is 2. The molecule has 0 aliphatic heterocycles. The Morgan fingerprint density at radius 2 is 1.55 bits per heavy atom. The lowest BCUT2D eigenvalue weighted by Gasteiger charge is -2.17. The number of benzene rings is 2. The molecule has 0 heterocycles. The van der Waals surface area contributed by atoms with Crippen molar-refractivity contribution < 1.29 is 14.8 Å². The summed E-state index contributed by atoms with van der Waals surface area (Å²) in [6.45, 7) is 0. The summed E-state index contributed by atoms with van der Waals surface area (Å²) >= 11 is 0. The Hall–Kier alpha value is -2.66. The molecule has 0 radical (unpaired) electrons. The van der Waals surface area contributed by atoms with Gasteiger partial charge in [0.1, 0.15) is 0 Å². The summed E-state index contributed by atoms with van der Waals surface area (Å²) in [4.78, 5) is 24.9. The first-order valence-electron chi connectivity index (χ1n) is 6.01. The number of nitrogens with one attached hydrogen (secondary N) is 1. The van der Waals surface area contributed by atoms with Gasteiger partial charge in [-0.05, 0) is 36.4 Å². The molecular weight excluding hydrogens is 256 g/mol. The van der Waals surface area contributed by atoms with Crippen molar-refractivity contribution in [3.05, 3.63) is 65.7 Å². The van der Waals surface area contributed by atoms with Gasteiger partial charge >= 0.3 is 0 Å². The van der Waals surface area contributed by atoms with Crippen molar-refractivity contribution >= 4 is 17.5 Å². The first-order chi connectivity index (χ1) is 9.63. The van der Waals surface area contributed by atoms with Gasteiger partial charge in [-0.1, -0.05) is 18.2 Å². The van der Waals surface area contributed by atoms with Crippen LogP contribution in [0.5, 0.6) is 0 Å². The van der Waals surface area contributed by atoms with E-state index in [1.807, 2.05) is 6.07 Å². The maximum atomic E-state index is 12.2. The van der Waals surface area contributed by atoms with Crippen LogP contribution in [0, 0.1) is 0 Å². The second-order valence-corrected chi connectivity index (χ2v) is 4.22. The lowest BCUT2D eigenvalue weighted by atomic mass is 10.1. The summed E-state index contributed by atoms with van der Waals surface area (Å²) in [6.07, 6.45) is 0. The molecular formula is C15H14N2O3. The summed E-state index contributed by atoms with van der Waals surface area (Å²) in [5.74, 6) is -0.724. The molecule has 0 spiro atoms. The van der Waals surface area contributed by atoms with Gasteiger partial charge in [-0.3, -0.25) is 14.8 Å². The van der Waals surface area contributed by atoms with Gasteiger partial charge in [0.25, 0.3) is 11.8 Å². The van der Waals surface area contributed by atoms with Crippen LogP contribution >= 0.6 is 0 Å². The Morgan fingerprint density at radius 3 is 2.10 bits per heavy atom. The van der Waals surface area contributed by atoms with Crippen LogP contribution in [0.4, 0.5) is 5.69 Å². The summed E-state index contributed by atoms with van der Waals surface area (Å²) in [7, 11) is 1.66. The molecule has 0 aliphatic carbocycles. The van der Waals surface area contributed by atoms with Gasteiger partial charge < -0.3 is 4.90 Å². The topological polar surface area (TPSA) is 69.6 Å². The average Bonchev–Trinajstić information content (AvgIpc) is 2.53. The summed E-state index contributed by atoms with van der Waals surface area (Å²) in [6, 6.07) is 15.3. The quantitative estimate of drug-likeness (QED) is 0.662. The van der Waals surface area contributed by atoms with E-state index in [4.69, 9.17) is 5.21 Å². The van der Waals surface area contributed by atoms with E-state index < -0.39 is 5.91 Å². The molecule has 2 N–H and O–H groups in total. The summed E-state index contributed by atoms with van der Waals surface area (Å²) in [5, 5.41) is 8.54. The molecule has 0 aromatic heterocycles. The third-order valence-electron chi connectivity index (χ3n) is 2.94. The van der Waals surface area contributed by atoms with E-state index in [1.54, 1.807) is 48.9 Å². The lowest BCUT2D eigenvalue weighted by molar-refractivity contribution is 0.0706. The Kier molecular flexibility index (Phi) is 4.12. The van der Waals surface area contributed by atoms with Crippen LogP contribution < -0.4 is 10.4 Å². The zero-order valence-electron chi connectivity index (χ0n) is 10.9. The predicted octanol–water partition coefficient (Wildman–Crippen LogP) is 2.08. The first-order valence-corrected chi connectivity index (χ1v) is 6.01. The standard InChI is InChI=1S/C15H14N2O3/c1-17(15(19)12-5-3-2-4-6-12)13-9-7-11(8-10-13)14(18)16-20/h2-10,20H,1H3,(H,16,18). The minimum absolute atomic E-state index is 0.134. The largest absolute Gasteiger partial charge is 0.311 e. The van der Waals surface area contributed by atoms with Crippen LogP contribution in [-0.4, -0.2) is 24.1 Å². The van der Waals surface area contributed by atoms with Crippen LogP contribution in [0.1, 0.15) is 20.7 Å². The first kappa shape index (κ1) is 13.8. The molecule has 5 nitrogen and oxygen atoms in total.